The zero-order chi connectivity index (χ0) is 31.3. The summed E-state index contributed by atoms with van der Waals surface area (Å²) < 4.78 is 9.33. The van der Waals surface area contributed by atoms with Crippen molar-refractivity contribution in [3.63, 3.8) is 0 Å². The predicted molar refractivity (Wildman–Crippen MR) is 208 cm³/mol. The van der Waals surface area contributed by atoms with Crippen LogP contribution in [0.25, 0.3) is 107 Å². The molecule has 2 heterocycles. The van der Waals surface area contributed by atoms with Gasteiger partial charge in [0.1, 0.15) is 11.2 Å². The van der Waals surface area contributed by atoms with Crippen LogP contribution in [0.3, 0.4) is 0 Å². The lowest BCUT2D eigenvalue weighted by Gasteiger charge is -2.18. The minimum absolute atomic E-state index is 0.914. The van der Waals surface area contributed by atoms with Crippen molar-refractivity contribution in [3.8, 4) is 22.3 Å². The SMILES string of the molecule is c1ccc2c(c1)sc1ccc(-c3c4ccccc4c(-c4ccc5oc6c7ccccc7c7ccccc7c6c5c4)c4ccccc34)cc12. The maximum absolute atomic E-state index is 6.68. The van der Waals surface area contributed by atoms with Crippen molar-refractivity contribution < 1.29 is 4.42 Å². The second-order valence-electron chi connectivity index (χ2n) is 12.8. The third kappa shape index (κ3) is 3.55. The Hall–Kier alpha value is -5.96. The van der Waals surface area contributed by atoms with Crippen molar-refractivity contribution in [3.05, 3.63) is 158 Å². The molecule has 0 unspecified atom stereocenters. The quantitative estimate of drug-likeness (QED) is 0.137. The molecule has 222 valence electrons. The van der Waals surface area contributed by atoms with Crippen LogP contribution in [0.4, 0.5) is 0 Å². The van der Waals surface area contributed by atoms with Gasteiger partial charge < -0.3 is 4.42 Å². The lowest BCUT2D eigenvalue weighted by atomic mass is 9.85. The zero-order valence-corrected chi connectivity index (χ0v) is 26.6. The van der Waals surface area contributed by atoms with Crippen LogP contribution < -0.4 is 0 Å². The number of hydrogen-bond acceptors (Lipinski definition) is 2. The summed E-state index contributed by atoms with van der Waals surface area (Å²) in [6.07, 6.45) is 0. The summed E-state index contributed by atoms with van der Waals surface area (Å²) >= 11 is 1.87. The normalized spacial score (nSPS) is 12.2. The Balaban J connectivity index is 1.23. The fourth-order valence-corrected chi connectivity index (χ4v) is 9.28. The van der Waals surface area contributed by atoms with Crippen molar-refractivity contribution in [2.24, 2.45) is 0 Å². The van der Waals surface area contributed by atoms with Crippen LogP contribution in [-0.4, -0.2) is 0 Å². The van der Waals surface area contributed by atoms with E-state index >= 15 is 0 Å². The van der Waals surface area contributed by atoms with E-state index in [0.29, 0.717) is 0 Å². The molecule has 0 atom stereocenters. The Kier molecular flexibility index (Phi) is 5.32. The molecule has 2 aromatic heterocycles. The number of thiophene rings is 1. The summed E-state index contributed by atoms with van der Waals surface area (Å²) in [6.45, 7) is 0. The first kappa shape index (κ1) is 26.1. The topological polar surface area (TPSA) is 13.1 Å². The Morgan fingerprint density at radius 1 is 0.333 bits per heavy atom. The highest BCUT2D eigenvalue weighted by atomic mass is 32.1. The lowest BCUT2D eigenvalue weighted by molar-refractivity contribution is 0.673. The molecule has 0 aliphatic rings. The molecule has 11 rings (SSSR count). The molecule has 0 aliphatic heterocycles. The first-order valence-electron chi connectivity index (χ1n) is 16.4. The summed E-state index contributed by atoms with van der Waals surface area (Å²) in [7, 11) is 0. The molecule has 0 N–H and O–H groups in total. The third-order valence-electron chi connectivity index (χ3n) is 10.2. The van der Waals surface area contributed by atoms with Gasteiger partial charge in [0, 0.05) is 36.3 Å². The fourth-order valence-electron chi connectivity index (χ4n) is 8.19. The van der Waals surface area contributed by atoms with Gasteiger partial charge in [-0.25, -0.2) is 0 Å². The number of rotatable bonds is 2. The van der Waals surface area contributed by atoms with Gasteiger partial charge in [-0.05, 0) is 90.3 Å². The van der Waals surface area contributed by atoms with E-state index in [2.05, 4.69) is 158 Å². The van der Waals surface area contributed by atoms with Crippen LogP contribution in [0.5, 0.6) is 0 Å². The van der Waals surface area contributed by atoms with Gasteiger partial charge in [-0.1, -0.05) is 127 Å². The van der Waals surface area contributed by atoms with Crippen LogP contribution in [0.15, 0.2) is 162 Å². The van der Waals surface area contributed by atoms with Gasteiger partial charge in [0.05, 0.1) is 0 Å². The van der Waals surface area contributed by atoms with Gasteiger partial charge in [0.2, 0.25) is 0 Å². The van der Waals surface area contributed by atoms with E-state index in [1.54, 1.807) is 0 Å². The smallest absolute Gasteiger partial charge is 0.143 e. The second-order valence-corrected chi connectivity index (χ2v) is 13.8. The van der Waals surface area contributed by atoms with Crippen molar-refractivity contribution in [2.75, 3.05) is 0 Å². The van der Waals surface area contributed by atoms with Crippen molar-refractivity contribution in [1.29, 1.82) is 0 Å². The molecule has 0 saturated carbocycles. The van der Waals surface area contributed by atoms with E-state index in [4.69, 9.17) is 4.42 Å². The van der Waals surface area contributed by atoms with E-state index in [-0.39, 0.29) is 0 Å². The maximum atomic E-state index is 6.68. The fraction of sp³-hybridized carbons (Fsp3) is 0. The zero-order valence-electron chi connectivity index (χ0n) is 25.8. The monoisotopic (exact) mass is 626 g/mol. The molecule has 0 amide bonds. The Morgan fingerprint density at radius 2 is 0.792 bits per heavy atom. The standard InChI is InChI=1S/C46H26OS/c1-3-14-32-29(11-1)30-12-2-8-19-37(30)46-45(32)39-26-27(21-23-40(39)47-46)43-33-15-4-6-17-35(33)44(36-18-7-5-16-34(36)43)28-22-24-42-38(25-28)31-13-9-10-20-41(31)48-42/h1-26H. The average Bonchev–Trinajstić information content (AvgIpc) is 3.72. The molecule has 0 bridgehead atoms. The van der Waals surface area contributed by atoms with Crippen molar-refractivity contribution in [1.82, 2.24) is 0 Å². The van der Waals surface area contributed by atoms with Crippen LogP contribution in [-0.2, 0) is 0 Å². The number of hydrogen-bond donors (Lipinski definition) is 0. The molecule has 0 spiro atoms. The highest BCUT2D eigenvalue weighted by molar-refractivity contribution is 7.25. The number of furan rings is 1. The van der Waals surface area contributed by atoms with Gasteiger partial charge >= 0.3 is 0 Å². The summed E-state index contributed by atoms with van der Waals surface area (Å²) in [5.74, 6) is 0. The molecule has 0 fully saturated rings. The van der Waals surface area contributed by atoms with Crippen LogP contribution >= 0.6 is 11.3 Å². The molecule has 0 radical (unpaired) electrons. The van der Waals surface area contributed by atoms with E-state index in [9.17, 15) is 0 Å². The molecule has 48 heavy (non-hydrogen) atoms. The van der Waals surface area contributed by atoms with Gasteiger partial charge in [-0.3, -0.25) is 0 Å². The summed E-state index contributed by atoms with van der Waals surface area (Å²) in [5.41, 5.74) is 6.86. The summed E-state index contributed by atoms with van der Waals surface area (Å²) in [6, 6.07) is 57.7. The minimum Gasteiger partial charge on any atom is -0.455 e. The van der Waals surface area contributed by atoms with Gasteiger partial charge in [0.15, 0.2) is 0 Å². The average molecular weight is 627 g/mol. The van der Waals surface area contributed by atoms with Crippen molar-refractivity contribution >= 4 is 96.5 Å². The summed E-state index contributed by atoms with van der Waals surface area (Å²) in [5, 5.41) is 14.9. The van der Waals surface area contributed by atoms with Gasteiger partial charge in [0.25, 0.3) is 0 Å². The molecule has 0 aliphatic carbocycles. The van der Waals surface area contributed by atoms with Gasteiger partial charge in [-0.2, -0.15) is 0 Å². The molecule has 9 aromatic carbocycles. The molecular weight excluding hydrogens is 601 g/mol. The largest absolute Gasteiger partial charge is 0.455 e. The third-order valence-corrected chi connectivity index (χ3v) is 11.4. The predicted octanol–water partition coefficient (Wildman–Crippen LogP) is 13.9. The van der Waals surface area contributed by atoms with Gasteiger partial charge in [-0.15, -0.1) is 11.3 Å². The molecule has 2 heteroatoms. The van der Waals surface area contributed by atoms with E-state index in [0.717, 1.165) is 21.9 Å². The highest BCUT2D eigenvalue weighted by Gasteiger charge is 2.20. The van der Waals surface area contributed by atoms with Crippen molar-refractivity contribution in [2.45, 2.75) is 0 Å². The molecule has 1 nitrogen and oxygen atoms in total. The Bertz CT molecular complexity index is 3060. The van der Waals surface area contributed by atoms with Crippen LogP contribution in [0.1, 0.15) is 0 Å². The Labute approximate surface area is 279 Å². The first-order valence-corrected chi connectivity index (χ1v) is 17.2. The lowest BCUT2D eigenvalue weighted by Crippen LogP contribution is -1.90. The van der Waals surface area contributed by atoms with E-state index in [1.165, 1.54) is 85.5 Å². The first-order chi connectivity index (χ1) is 23.8. The maximum Gasteiger partial charge on any atom is 0.143 e. The summed E-state index contributed by atoms with van der Waals surface area (Å²) in [4.78, 5) is 0. The number of benzene rings is 9. The molecular formula is C46H26OS. The molecule has 0 saturated heterocycles. The van der Waals surface area contributed by atoms with E-state index < -0.39 is 0 Å². The van der Waals surface area contributed by atoms with Crippen LogP contribution in [0.2, 0.25) is 0 Å². The molecule has 11 aromatic rings. The van der Waals surface area contributed by atoms with E-state index in [1.807, 2.05) is 11.3 Å². The highest BCUT2D eigenvalue weighted by Crippen LogP contribution is 2.47. The second kappa shape index (κ2) is 9.78. The van der Waals surface area contributed by atoms with Crippen LogP contribution in [0, 0.1) is 0 Å². The Morgan fingerprint density at radius 3 is 1.44 bits per heavy atom. The minimum atomic E-state index is 0.914. The number of fused-ring (bicyclic) bond motifs is 13.